The third-order valence-electron chi connectivity index (χ3n) is 3.82. The zero-order valence-electron chi connectivity index (χ0n) is 12.8. The molecule has 0 saturated carbocycles. The summed E-state index contributed by atoms with van der Waals surface area (Å²) in [6, 6.07) is 16.3. The number of ether oxygens (including phenoxy) is 2. The first-order valence-corrected chi connectivity index (χ1v) is 7.59. The van der Waals surface area contributed by atoms with E-state index in [2.05, 4.69) is 0 Å². The normalized spacial score (nSPS) is 16.5. The highest BCUT2D eigenvalue weighted by molar-refractivity contribution is 5.81. The molecule has 0 spiro atoms. The molecule has 120 valence electrons. The highest BCUT2D eigenvalue weighted by atomic mass is 16.7. The van der Waals surface area contributed by atoms with Crippen LogP contribution in [-0.2, 0) is 15.9 Å². The molecule has 2 N–H and O–H groups in total. The number of rotatable bonds is 3. The Labute approximate surface area is 137 Å². The molecule has 0 aliphatic carbocycles. The van der Waals surface area contributed by atoms with Crippen molar-refractivity contribution in [2.45, 2.75) is 12.7 Å². The van der Waals surface area contributed by atoms with E-state index >= 15 is 0 Å². The Hall–Kier alpha value is -3.21. The molecule has 24 heavy (non-hydrogen) atoms. The average molecular weight is 321 g/mol. The topological polar surface area (TPSA) is 74.7 Å². The van der Waals surface area contributed by atoms with E-state index < -0.39 is 6.29 Å². The summed E-state index contributed by atoms with van der Waals surface area (Å²) in [7, 11) is 0. The van der Waals surface area contributed by atoms with E-state index in [1.165, 1.54) is 12.3 Å². The molecule has 2 heterocycles. The quantitative estimate of drug-likeness (QED) is 0.749. The number of hydrogen-bond donors (Lipinski definition) is 1. The van der Waals surface area contributed by atoms with Crippen LogP contribution in [0.2, 0.25) is 0 Å². The molecule has 0 radical (unpaired) electrons. The van der Waals surface area contributed by atoms with Gasteiger partial charge in [-0.05, 0) is 23.8 Å². The largest absolute Gasteiger partial charge is 0.458 e. The smallest absolute Gasteiger partial charge is 0.244 e. The van der Waals surface area contributed by atoms with Crippen LogP contribution in [0.4, 0.5) is 5.69 Å². The summed E-state index contributed by atoms with van der Waals surface area (Å²) >= 11 is 0. The van der Waals surface area contributed by atoms with E-state index in [9.17, 15) is 4.79 Å². The van der Waals surface area contributed by atoms with Crippen molar-refractivity contribution < 1.29 is 13.9 Å². The van der Waals surface area contributed by atoms with E-state index in [4.69, 9.17) is 19.6 Å². The van der Waals surface area contributed by atoms with E-state index in [0.29, 0.717) is 34.6 Å². The van der Waals surface area contributed by atoms with Gasteiger partial charge >= 0.3 is 0 Å². The summed E-state index contributed by atoms with van der Waals surface area (Å²) in [6.07, 6.45) is 1.65. The fraction of sp³-hybridized carbons (Fsp3) is 0.105. The number of nitrogens with two attached hydrogens (primary N) is 1. The van der Waals surface area contributed by atoms with Crippen LogP contribution in [0.15, 0.2) is 70.1 Å². The third kappa shape index (κ3) is 2.72. The number of nitrogen functional groups attached to an aromatic ring is 1. The second-order valence-corrected chi connectivity index (χ2v) is 5.59. The first-order valence-electron chi connectivity index (χ1n) is 7.59. The number of benzene rings is 2. The van der Waals surface area contributed by atoms with E-state index in [1.807, 2.05) is 30.3 Å². The maximum atomic E-state index is 12.2. The zero-order valence-corrected chi connectivity index (χ0v) is 12.8. The fourth-order valence-corrected chi connectivity index (χ4v) is 2.64. The Bertz CT molecular complexity index is 976. The van der Waals surface area contributed by atoms with Crippen LogP contribution in [0, 0.1) is 0 Å². The molecule has 4 rings (SSSR count). The van der Waals surface area contributed by atoms with E-state index in [0.717, 1.165) is 5.56 Å². The average Bonchev–Trinajstić information content (AvgIpc) is 3.05. The van der Waals surface area contributed by atoms with Gasteiger partial charge < -0.3 is 19.6 Å². The van der Waals surface area contributed by atoms with Gasteiger partial charge in [0.1, 0.15) is 11.8 Å². The standard InChI is InChI=1S/C19H15NO4/c20-13-6-7-16-14(9-13)15(21)10-17(23-16)18-11-22-19(24-18)8-12-4-2-1-3-5-12/h1-7,9-11,19H,8,20H2. The predicted octanol–water partition coefficient (Wildman–Crippen LogP) is 3.29. The Balaban J connectivity index is 1.58. The van der Waals surface area contributed by atoms with Gasteiger partial charge in [0.15, 0.2) is 11.2 Å². The molecule has 2 aromatic carbocycles. The van der Waals surface area contributed by atoms with Gasteiger partial charge in [-0.3, -0.25) is 4.79 Å². The third-order valence-corrected chi connectivity index (χ3v) is 3.82. The molecule has 0 amide bonds. The number of fused-ring (bicyclic) bond motifs is 1. The molecule has 1 atom stereocenters. The Morgan fingerprint density at radius 2 is 1.88 bits per heavy atom. The van der Waals surface area contributed by atoms with Crippen molar-refractivity contribution in [1.29, 1.82) is 0 Å². The van der Waals surface area contributed by atoms with Gasteiger partial charge in [-0.1, -0.05) is 30.3 Å². The second-order valence-electron chi connectivity index (χ2n) is 5.59. The fourth-order valence-electron chi connectivity index (χ4n) is 2.64. The molecule has 1 aliphatic rings. The van der Waals surface area contributed by atoms with Crippen LogP contribution < -0.4 is 11.2 Å². The molecule has 5 nitrogen and oxygen atoms in total. The molecule has 0 fully saturated rings. The van der Waals surface area contributed by atoms with Crippen molar-refractivity contribution in [2.75, 3.05) is 5.73 Å². The summed E-state index contributed by atoms with van der Waals surface area (Å²) < 4.78 is 17.0. The lowest BCUT2D eigenvalue weighted by molar-refractivity contribution is -0.0144. The monoisotopic (exact) mass is 321 g/mol. The van der Waals surface area contributed by atoms with Crippen LogP contribution in [0.1, 0.15) is 11.3 Å². The Morgan fingerprint density at radius 1 is 1.04 bits per heavy atom. The molecule has 0 saturated heterocycles. The lowest BCUT2D eigenvalue weighted by Crippen LogP contribution is -2.12. The maximum Gasteiger partial charge on any atom is 0.244 e. The number of hydrogen-bond acceptors (Lipinski definition) is 5. The minimum atomic E-state index is -0.435. The summed E-state index contributed by atoms with van der Waals surface area (Å²) in [5.74, 6) is 0.750. The molecule has 0 bridgehead atoms. The Morgan fingerprint density at radius 3 is 2.71 bits per heavy atom. The van der Waals surface area contributed by atoms with Gasteiger partial charge in [0.2, 0.25) is 12.0 Å². The van der Waals surface area contributed by atoms with Gasteiger partial charge in [0.25, 0.3) is 0 Å². The van der Waals surface area contributed by atoms with Gasteiger partial charge in [0, 0.05) is 18.2 Å². The molecule has 1 aliphatic heterocycles. The van der Waals surface area contributed by atoms with Crippen molar-refractivity contribution in [1.82, 2.24) is 0 Å². The molecule has 1 aromatic heterocycles. The van der Waals surface area contributed by atoms with Crippen LogP contribution in [0.25, 0.3) is 16.7 Å². The lowest BCUT2D eigenvalue weighted by Gasteiger charge is -2.11. The first kappa shape index (κ1) is 14.4. The van der Waals surface area contributed by atoms with E-state index in [1.54, 1.807) is 18.2 Å². The first-order chi connectivity index (χ1) is 11.7. The van der Waals surface area contributed by atoms with Crippen LogP contribution in [-0.4, -0.2) is 6.29 Å². The van der Waals surface area contributed by atoms with Crippen LogP contribution in [0.5, 0.6) is 0 Å². The molecular formula is C19H15NO4. The van der Waals surface area contributed by atoms with Gasteiger partial charge in [-0.2, -0.15) is 0 Å². The summed E-state index contributed by atoms with van der Waals surface area (Å²) in [5.41, 5.74) is 7.62. The van der Waals surface area contributed by atoms with Crippen LogP contribution in [0.3, 0.4) is 0 Å². The molecule has 5 heteroatoms. The molecular weight excluding hydrogens is 306 g/mol. The Kier molecular flexibility index (Phi) is 3.46. The van der Waals surface area contributed by atoms with Crippen molar-refractivity contribution >= 4 is 22.4 Å². The maximum absolute atomic E-state index is 12.2. The summed E-state index contributed by atoms with van der Waals surface area (Å²) in [6.45, 7) is 0. The zero-order chi connectivity index (χ0) is 16.5. The van der Waals surface area contributed by atoms with Gasteiger partial charge in [0.05, 0.1) is 5.39 Å². The van der Waals surface area contributed by atoms with E-state index in [-0.39, 0.29) is 5.43 Å². The summed E-state index contributed by atoms with van der Waals surface area (Å²) in [5, 5.41) is 0.444. The molecule has 3 aromatic rings. The van der Waals surface area contributed by atoms with Crippen molar-refractivity contribution in [3.8, 4) is 0 Å². The predicted molar refractivity (Wildman–Crippen MR) is 91.0 cm³/mol. The van der Waals surface area contributed by atoms with Gasteiger partial charge in [-0.15, -0.1) is 0 Å². The van der Waals surface area contributed by atoms with Crippen molar-refractivity contribution in [3.05, 3.63) is 82.4 Å². The van der Waals surface area contributed by atoms with Gasteiger partial charge in [-0.25, -0.2) is 0 Å². The number of anilines is 1. The SMILES string of the molecule is Nc1ccc2oc(C3=COC(Cc4ccccc4)O3)cc(=O)c2c1. The van der Waals surface area contributed by atoms with Crippen molar-refractivity contribution in [3.63, 3.8) is 0 Å². The highest BCUT2D eigenvalue weighted by Gasteiger charge is 2.23. The second kappa shape index (κ2) is 5.77. The van der Waals surface area contributed by atoms with Crippen molar-refractivity contribution in [2.24, 2.45) is 0 Å². The molecule has 1 unspecified atom stereocenters. The summed E-state index contributed by atoms with van der Waals surface area (Å²) in [4.78, 5) is 12.2. The highest BCUT2D eigenvalue weighted by Crippen LogP contribution is 2.27. The lowest BCUT2D eigenvalue weighted by atomic mass is 10.1. The minimum absolute atomic E-state index is 0.172. The van der Waals surface area contributed by atoms with Crippen LogP contribution >= 0.6 is 0 Å². The minimum Gasteiger partial charge on any atom is -0.458 e.